The molecule has 1 unspecified atom stereocenters. The molecule has 142 valence electrons. The largest absolute Gasteiger partial charge is 0.396 e. The normalized spacial score (nSPS) is 22.0. The van der Waals surface area contributed by atoms with Gasteiger partial charge in [0.25, 0.3) is 0 Å². The molecule has 24 heavy (non-hydrogen) atoms. The maximum atomic E-state index is 9.33. The maximum Gasteiger partial charge on any atom is 0.191 e. The fraction of sp³-hybridized carbons (Fsp3) is 0.944. The molecule has 0 aliphatic carbocycles. The van der Waals surface area contributed by atoms with Gasteiger partial charge in [-0.05, 0) is 47.5 Å². The second kappa shape index (κ2) is 10.9. The Morgan fingerprint density at radius 3 is 2.46 bits per heavy atom. The van der Waals surface area contributed by atoms with Crippen molar-refractivity contribution in [1.29, 1.82) is 0 Å². The summed E-state index contributed by atoms with van der Waals surface area (Å²) in [6, 6.07) is 1.07. The lowest BCUT2D eigenvalue weighted by molar-refractivity contribution is 0.131. The molecule has 0 saturated carbocycles. The minimum atomic E-state index is -0.000990. The van der Waals surface area contributed by atoms with Crippen molar-refractivity contribution in [3.8, 4) is 0 Å². The van der Waals surface area contributed by atoms with Gasteiger partial charge < -0.3 is 20.5 Å². The number of nitrogens with zero attached hydrogens (tertiary/aromatic N) is 2. The number of aliphatic hydroxyl groups is 1. The molecular formula is C18H38N4O2. The van der Waals surface area contributed by atoms with Gasteiger partial charge in [0.2, 0.25) is 0 Å². The Balaban J connectivity index is 2.56. The van der Waals surface area contributed by atoms with Crippen LogP contribution in [0, 0.1) is 5.41 Å². The minimum absolute atomic E-state index is 0.000990. The van der Waals surface area contributed by atoms with Crippen molar-refractivity contribution in [2.45, 2.75) is 59.5 Å². The zero-order chi connectivity index (χ0) is 18.0. The number of guanidine groups is 1. The molecule has 1 aliphatic rings. The van der Waals surface area contributed by atoms with Crippen LogP contribution in [-0.4, -0.2) is 74.0 Å². The fourth-order valence-corrected chi connectivity index (χ4v) is 3.29. The maximum absolute atomic E-state index is 9.33. The number of hydrogen-bond donors (Lipinski definition) is 3. The Labute approximate surface area is 148 Å². The molecule has 0 aromatic rings. The summed E-state index contributed by atoms with van der Waals surface area (Å²) in [5.41, 5.74) is -0.000990. The number of aliphatic hydroxyl groups excluding tert-OH is 1. The molecule has 1 atom stereocenters. The summed E-state index contributed by atoms with van der Waals surface area (Å²) in [5, 5.41) is 16.1. The van der Waals surface area contributed by atoms with E-state index in [-0.39, 0.29) is 12.0 Å². The summed E-state index contributed by atoms with van der Waals surface area (Å²) >= 11 is 0. The topological polar surface area (TPSA) is 69.1 Å². The molecule has 1 rings (SSSR count). The van der Waals surface area contributed by atoms with E-state index in [4.69, 9.17) is 9.73 Å². The van der Waals surface area contributed by atoms with Crippen LogP contribution >= 0.6 is 0 Å². The second-order valence-corrected chi connectivity index (χ2v) is 7.32. The van der Waals surface area contributed by atoms with Gasteiger partial charge in [-0.15, -0.1) is 0 Å². The first-order chi connectivity index (χ1) is 11.4. The zero-order valence-corrected chi connectivity index (χ0v) is 16.3. The standard InChI is InChI=1S/C18H38N4O2/c1-6-19-17(20-9-10-22(15(2)3)16(4)5)21-13-18(7-11-23)8-12-24-14-18/h15-16,23H,6-14H2,1-5H3,(H2,19,20,21). The molecule has 6 nitrogen and oxygen atoms in total. The number of hydrogen-bond acceptors (Lipinski definition) is 4. The van der Waals surface area contributed by atoms with Gasteiger partial charge in [-0.1, -0.05) is 0 Å². The molecule has 1 heterocycles. The van der Waals surface area contributed by atoms with E-state index >= 15 is 0 Å². The number of aliphatic imine (C=N–C) groups is 1. The Morgan fingerprint density at radius 1 is 1.25 bits per heavy atom. The summed E-state index contributed by atoms with van der Waals surface area (Å²) in [6.45, 7) is 16.1. The van der Waals surface area contributed by atoms with Crippen molar-refractivity contribution in [2.24, 2.45) is 10.4 Å². The molecule has 0 radical (unpaired) electrons. The molecular weight excluding hydrogens is 304 g/mol. The van der Waals surface area contributed by atoms with Gasteiger partial charge in [0.05, 0.1) is 13.2 Å². The quantitative estimate of drug-likeness (QED) is 0.414. The Hall–Kier alpha value is -0.850. The monoisotopic (exact) mass is 342 g/mol. The zero-order valence-electron chi connectivity index (χ0n) is 16.3. The molecule has 1 saturated heterocycles. The van der Waals surface area contributed by atoms with E-state index in [1.165, 1.54) is 0 Å². The lowest BCUT2D eigenvalue weighted by Crippen LogP contribution is -2.45. The highest BCUT2D eigenvalue weighted by molar-refractivity contribution is 5.79. The summed E-state index contributed by atoms with van der Waals surface area (Å²) in [7, 11) is 0. The third kappa shape index (κ3) is 6.95. The van der Waals surface area contributed by atoms with Crippen LogP contribution < -0.4 is 10.6 Å². The SMILES string of the molecule is CCNC(=NCC1(CCO)CCOC1)NCCN(C(C)C)C(C)C. The van der Waals surface area contributed by atoms with Crippen LogP contribution in [0.25, 0.3) is 0 Å². The fourth-order valence-electron chi connectivity index (χ4n) is 3.29. The smallest absolute Gasteiger partial charge is 0.191 e. The van der Waals surface area contributed by atoms with E-state index in [2.05, 4.69) is 50.2 Å². The Bertz CT molecular complexity index is 358. The van der Waals surface area contributed by atoms with E-state index in [1.54, 1.807) is 0 Å². The van der Waals surface area contributed by atoms with Crippen molar-refractivity contribution in [1.82, 2.24) is 15.5 Å². The Kier molecular flexibility index (Phi) is 9.63. The van der Waals surface area contributed by atoms with Crippen molar-refractivity contribution in [2.75, 3.05) is 46.0 Å². The van der Waals surface area contributed by atoms with E-state index in [0.29, 0.717) is 25.2 Å². The van der Waals surface area contributed by atoms with Gasteiger partial charge in [-0.3, -0.25) is 9.89 Å². The van der Waals surface area contributed by atoms with Gasteiger partial charge in [0.1, 0.15) is 0 Å². The highest BCUT2D eigenvalue weighted by Crippen LogP contribution is 2.32. The van der Waals surface area contributed by atoms with Crippen molar-refractivity contribution in [3.63, 3.8) is 0 Å². The molecule has 0 bridgehead atoms. The van der Waals surface area contributed by atoms with Crippen LogP contribution in [0.4, 0.5) is 0 Å². The lowest BCUT2D eigenvalue weighted by Gasteiger charge is -2.30. The van der Waals surface area contributed by atoms with Crippen LogP contribution in [0.2, 0.25) is 0 Å². The molecule has 0 amide bonds. The molecule has 0 aromatic heterocycles. The summed E-state index contributed by atoms with van der Waals surface area (Å²) < 4.78 is 5.54. The predicted octanol–water partition coefficient (Wildman–Crippen LogP) is 1.45. The minimum Gasteiger partial charge on any atom is -0.396 e. The van der Waals surface area contributed by atoms with Crippen LogP contribution in [0.15, 0.2) is 4.99 Å². The van der Waals surface area contributed by atoms with Crippen molar-refractivity contribution >= 4 is 5.96 Å². The van der Waals surface area contributed by atoms with Crippen LogP contribution in [0.3, 0.4) is 0 Å². The van der Waals surface area contributed by atoms with E-state index < -0.39 is 0 Å². The van der Waals surface area contributed by atoms with Gasteiger partial charge in [-0.25, -0.2) is 0 Å². The van der Waals surface area contributed by atoms with E-state index in [9.17, 15) is 5.11 Å². The number of ether oxygens (including phenoxy) is 1. The van der Waals surface area contributed by atoms with Gasteiger partial charge >= 0.3 is 0 Å². The highest BCUT2D eigenvalue weighted by atomic mass is 16.5. The van der Waals surface area contributed by atoms with Gasteiger partial charge in [0.15, 0.2) is 5.96 Å². The van der Waals surface area contributed by atoms with E-state index in [0.717, 1.165) is 45.0 Å². The molecule has 1 fully saturated rings. The molecule has 3 N–H and O–H groups in total. The van der Waals surface area contributed by atoms with Crippen LogP contribution in [0.1, 0.15) is 47.5 Å². The average molecular weight is 343 g/mol. The summed E-state index contributed by atoms with van der Waals surface area (Å²) in [5.74, 6) is 0.856. The Morgan fingerprint density at radius 2 is 1.96 bits per heavy atom. The van der Waals surface area contributed by atoms with Gasteiger partial charge in [-0.2, -0.15) is 0 Å². The van der Waals surface area contributed by atoms with Crippen LogP contribution in [0.5, 0.6) is 0 Å². The van der Waals surface area contributed by atoms with Gasteiger partial charge in [0, 0.05) is 50.3 Å². The molecule has 1 aliphatic heterocycles. The highest BCUT2D eigenvalue weighted by Gasteiger charge is 2.34. The summed E-state index contributed by atoms with van der Waals surface area (Å²) in [4.78, 5) is 7.22. The van der Waals surface area contributed by atoms with Crippen molar-refractivity contribution in [3.05, 3.63) is 0 Å². The third-order valence-electron chi connectivity index (χ3n) is 4.73. The second-order valence-electron chi connectivity index (χ2n) is 7.32. The average Bonchev–Trinajstić information content (AvgIpc) is 2.97. The first-order valence-electron chi connectivity index (χ1n) is 9.40. The lowest BCUT2D eigenvalue weighted by atomic mass is 9.84. The first kappa shape index (κ1) is 21.2. The number of nitrogens with one attached hydrogen (secondary N) is 2. The van der Waals surface area contributed by atoms with Crippen LogP contribution in [-0.2, 0) is 4.74 Å². The van der Waals surface area contributed by atoms with E-state index in [1.807, 2.05) is 0 Å². The first-order valence-corrected chi connectivity index (χ1v) is 9.40. The molecule has 0 aromatic carbocycles. The molecule has 0 spiro atoms. The molecule has 6 heteroatoms. The number of rotatable bonds is 10. The van der Waals surface area contributed by atoms with Crippen molar-refractivity contribution < 1.29 is 9.84 Å². The summed E-state index contributed by atoms with van der Waals surface area (Å²) in [6.07, 6.45) is 1.73. The predicted molar refractivity (Wildman–Crippen MR) is 101 cm³/mol. The third-order valence-corrected chi connectivity index (χ3v) is 4.73.